The van der Waals surface area contributed by atoms with Gasteiger partial charge in [0.15, 0.2) is 0 Å². The zero-order valence-electron chi connectivity index (χ0n) is 11.8. The number of rotatable bonds is 2. The van der Waals surface area contributed by atoms with E-state index in [9.17, 15) is 4.79 Å². The molecular weight excluding hydrogens is 234 g/mol. The summed E-state index contributed by atoms with van der Waals surface area (Å²) in [5, 5.41) is 3.17. The highest BCUT2D eigenvalue weighted by Gasteiger charge is 2.58. The average molecular weight is 255 g/mol. The Balaban J connectivity index is 1.70. The fourth-order valence-corrected chi connectivity index (χ4v) is 3.41. The lowest BCUT2D eigenvalue weighted by molar-refractivity contribution is 0.0938. The maximum Gasteiger partial charge on any atom is 0.251 e. The van der Waals surface area contributed by atoms with E-state index in [-0.39, 0.29) is 11.9 Å². The van der Waals surface area contributed by atoms with Crippen LogP contribution in [-0.2, 0) is 0 Å². The molecular formula is C17H21NO. The van der Waals surface area contributed by atoms with Crippen molar-refractivity contribution in [1.29, 1.82) is 0 Å². The number of allylic oxidation sites excluding steroid dienone is 1. The smallest absolute Gasteiger partial charge is 0.251 e. The first-order chi connectivity index (χ1) is 9.00. The Morgan fingerprint density at radius 3 is 2.63 bits per heavy atom. The van der Waals surface area contributed by atoms with Gasteiger partial charge in [-0.3, -0.25) is 4.79 Å². The van der Waals surface area contributed by atoms with Gasteiger partial charge in [0.25, 0.3) is 5.91 Å². The monoisotopic (exact) mass is 255 g/mol. The van der Waals surface area contributed by atoms with Gasteiger partial charge in [0, 0.05) is 5.56 Å². The van der Waals surface area contributed by atoms with E-state index >= 15 is 0 Å². The molecule has 3 rings (SSSR count). The summed E-state index contributed by atoms with van der Waals surface area (Å²) in [5.41, 5.74) is 2.48. The predicted octanol–water partition coefficient (Wildman–Crippen LogP) is 3.41. The van der Waals surface area contributed by atoms with Crippen LogP contribution in [0.15, 0.2) is 42.0 Å². The fourth-order valence-electron chi connectivity index (χ4n) is 3.41. The van der Waals surface area contributed by atoms with Crippen LogP contribution in [0, 0.1) is 17.3 Å². The highest BCUT2D eigenvalue weighted by atomic mass is 16.1. The van der Waals surface area contributed by atoms with Crippen molar-refractivity contribution >= 4 is 5.91 Å². The molecule has 3 atom stereocenters. The van der Waals surface area contributed by atoms with Crippen molar-refractivity contribution in [2.45, 2.75) is 33.2 Å². The number of carbonyl (C=O) groups excluding carboxylic acids is 1. The number of hydrogen-bond donors (Lipinski definition) is 1. The van der Waals surface area contributed by atoms with Crippen LogP contribution in [0.3, 0.4) is 0 Å². The maximum atomic E-state index is 12.2. The Bertz CT molecular complexity index is 529. The first kappa shape index (κ1) is 12.5. The molecule has 0 heterocycles. The molecule has 1 aromatic rings. The lowest BCUT2D eigenvalue weighted by atomic mass is 9.95. The molecule has 2 heteroatoms. The molecule has 2 aliphatic carbocycles. The predicted molar refractivity (Wildman–Crippen MR) is 76.8 cm³/mol. The second-order valence-electron chi connectivity index (χ2n) is 6.49. The number of nitrogens with one attached hydrogen (secondary N) is 1. The Kier molecular flexibility index (Phi) is 2.77. The van der Waals surface area contributed by atoms with Crippen molar-refractivity contribution in [3.05, 3.63) is 47.5 Å². The fraction of sp³-hybridized carbons (Fsp3) is 0.471. The van der Waals surface area contributed by atoms with E-state index < -0.39 is 0 Å². The van der Waals surface area contributed by atoms with Gasteiger partial charge in [0.1, 0.15) is 0 Å². The molecule has 19 heavy (non-hydrogen) atoms. The molecule has 2 aliphatic rings. The summed E-state index contributed by atoms with van der Waals surface area (Å²) in [7, 11) is 0. The molecule has 100 valence electrons. The van der Waals surface area contributed by atoms with E-state index in [1.807, 2.05) is 30.3 Å². The molecule has 0 radical (unpaired) electrons. The van der Waals surface area contributed by atoms with E-state index in [0.29, 0.717) is 5.41 Å². The number of fused-ring (bicyclic) bond motifs is 1. The minimum Gasteiger partial charge on any atom is -0.346 e. The van der Waals surface area contributed by atoms with Crippen LogP contribution in [0.1, 0.15) is 37.6 Å². The van der Waals surface area contributed by atoms with Gasteiger partial charge in [0.2, 0.25) is 0 Å². The summed E-state index contributed by atoms with van der Waals surface area (Å²) in [6.45, 7) is 6.79. The van der Waals surface area contributed by atoms with Gasteiger partial charge in [-0.2, -0.15) is 0 Å². The van der Waals surface area contributed by atoms with E-state index in [1.54, 1.807) is 0 Å². The lowest BCUT2D eigenvalue weighted by Crippen LogP contribution is -2.37. The molecule has 1 amide bonds. The molecule has 0 unspecified atom stereocenters. The van der Waals surface area contributed by atoms with Crippen LogP contribution in [0.2, 0.25) is 0 Å². The summed E-state index contributed by atoms with van der Waals surface area (Å²) in [5.74, 6) is 1.49. The number of carbonyl (C=O) groups is 1. The third-order valence-corrected chi connectivity index (χ3v) is 4.96. The minimum atomic E-state index is 0.0373. The number of amides is 1. The first-order valence-corrected chi connectivity index (χ1v) is 7.04. The van der Waals surface area contributed by atoms with Gasteiger partial charge < -0.3 is 5.32 Å². The molecule has 0 aromatic heterocycles. The van der Waals surface area contributed by atoms with Gasteiger partial charge in [-0.05, 0) is 42.7 Å². The topological polar surface area (TPSA) is 29.1 Å². The SMILES string of the molecule is CC1=C[C@H]2[C@@H](C[C@H]1NC(=O)c1ccccc1)C2(C)C. The molecule has 1 aromatic carbocycles. The lowest BCUT2D eigenvalue weighted by Gasteiger charge is -2.23. The minimum absolute atomic E-state index is 0.0373. The molecule has 1 N–H and O–H groups in total. The number of benzene rings is 1. The van der Waals surface area contributed by atoms with Crippen LogP contribution in [0.5, 0.6) is 0 Å². The van der Waals surface area contributed by atoms with Crippen molar-refractivity contribution in [3.8, 4) is 0 Å². The molecule has 1 fully saturated rings. The summed E-state index contributed by atoms with van der Waals surface area (Å²) in [6.07, 6.45) is 3.45. The van der Waals surface area contributed by atoms with E-state index in [4.69, 9.17) is 0 Å². The van der Waals surface area contributed by atoms with Crippen LogP contribution in [-0.4, -0.2) is 11.9 Å². The Hall–Kier alpha value is -1.57. The van der Waals surface area contributed by atoms with Gasteiger partial charge in [-0.25, -0.2) is 0 Å². The zero-order chi connectivity index (χ0) is 13.6. The molecule has 0 bridgehead atoms. The Labute approximate surface area is 114 Å². The van der Waals surface area contributed by atoms with Crippen LogP contribution >= 0.6 is 0 Å². The van der Waals surface area contributed by atoms with Gasteiger partial charge in [-0.15, -0.1) is 0 Å². The summed E-state index contributed by atoms with van der Waals surface area (Å²) < 4.78 is 0. The molecule has 0 saturated heterocycles. The van der Waals surface area contributed by atoms with Gasteiger partial charge >= 0.3 is 0 Å². The quantitative estimate of drug-likeness (QED) is 0.806. The Morgan fingerprint density at radius 2 is 1.95 bits per heavy atom. The van der Waals surface area contributed by atoms with Crippen molar-refractivity contribution in [2.24, 2.45) is 17.3 Å². The van der Waals surface area contributed by atoms with Crippen LogP contribution < -0.4 is 5.32 Å². The normalized spacial score (nSPS) is 31.1. The second kappa shape index (κ2) is 4.22. The second-order valence-corrected chi connectivity index (χ2v) is 6.49. The highest BCUT2D eigenvalue weighted by Crippen LogP contribution is 2.63. The van der Waals surface area contributed by atoms with Crippen molar-refractivity contribution in [3.63, 3.8) is 0 Å². The van der Waals surface area contributed by atoms with Crippen molar-refractivity contribution in [2.75, 3.05) is 0 Å². The van der Waals surface area contributed by atoms with Crippen molar-refractivity contribution in [1.82, 2.24) is 5.32 Å². The third kappa shape index (κ3) is 2.09. The third-order valence-electron chi connectivity index (χ3n) is 4.96. The Morgan fingerprint density at radius 1 is 1.26 bits per heavy atom. The van der Waals surface area contributed by atoms with Gasteiger partial charge in [0.05, 0.1) is 6.04 Å². The van der Waals surface area contributed by atoms with Gasteiger partial charge in [-0.1, -0.05) is 43.7 Å². The summed E-state index contributed by atoms with van der Waals surface area (Å²) in [4.78, 5) is 12.2. The summed E-state index contributed by atoms with van der Waals surface area (Å²) in [6, 6.07) is 9.66. The zero-order valence-corrected chi connectivity index (χ0v) is 11.8. The molecule has 0 spiro atoms. The van der Waals surface area contributed by atoms with E-state index in [0.717, 1.165) is 23.8 Å². The average Bonchev–Trinajstić information content (AvgIpc) is 2.92. The maximum absolute atomic E-state index is 12.2. The number of hydrogen-bond acceptors (Lipinski definition) is 1. The van der Waals surface area contributed by atoms with Crippen molar-refractivity contribution < 1.29 is 4.79 Å². The first-order valence-electron chi connectivity index (χ1n) is 7.04. The largest absolute Gasteiger partial charge is 0.346 e. The molecule has 1 saturated carbocycles. The highest BCUT2D eigenvalue weighted by molar-refractivity contribution is 5.94. The summed E-state index contributed by atoms with van der Waals surface area (Å²) >= 11 is 0. The van der Waals surface area contributed by atoms with E-state index in [2.05, 4.69) is 32.2 Å². The van der Waals surface area contributed by atoms with Crippen LogP contribution in [0.4, 0.5) is 0 Å². The van der Waals surface area contributed by atoms with E-state index in [1.165, 1.54) is 5.57 Å². The molecule has 2 nitrogen and oxygen atoms in total. The van der Waals surface area contributed by atoms with Crippen LogP contribution in [0.25, 0.3) is 0 Å². The molecule has 0 aliphatic heterocycles. The standard InChI is InChI=1S/C17H21NO/c1-11-9-13-14(17(13,2)3)10-15(11)18-16(19)12-7-5-4-6-8-12/h4-9,13-15H,10H2,1-3H3,(H,18,19)/t13-,14+,15+/m0/s1.